The molecule has 0 aromatic heterocycles. The number of hydrogen-bond acceptors (Lipinski definition) is 1. The van der Waals surface area contributed by atoms with E-state index in [0.29, 0.717) is 9.97 Å². The first-order valence-electron chi connectivity index (χ1n) is 4.11. The van der Waals surface area contributed by atoms with Gasteiger partial charge < -0.3 is 5.32 Å². The number of carbonyl (C=O) groups excluding carboxylic acids is 1. The Morgan fingerprint density at radius 2 is 2.09 bits per heavy atom. The first-order valence-corrected chi connectivity index (χ1v) is 5.36. The zero-order valence-electron chi connectivity index (χ0n) is 6.77. The summed E-state index contributed by atoms with van der Waals surface area (Å²) in [4.78, 5) is 10.7. The van der Waals surface area contributed by atoms with Crippen LogP contribution in [0.3, 0.4) is 0 Å². The van der Waals surface area contributed by atoms with Crippen LogP contribution in [0.25, 0.3) is 0 Å². The van der Waals surface area contributed by atoms with Crippen LogP contribution in [0.4, 0.5) is 0 Å². The Kier molecular flexibility index (Phi) is 3.62. The van der Waals surface area contributed by atoms with Crippen LogP contribution >= 0.6 is 22.6 Å². The summed E-state index contributed by atoms with van der Waals surface area (Å²) in [7, 11) is 0. The van der Waals surface area contributed by atoms with Crippen molar-refractivity contribution in [3.8, 4) is 0 Å². The van der Waals surface area contributed by atoms with E-state index in [0.717, 1.165) is 6.42 Å². The van der Waals surface area contributed by atoms with Gasteiger partial charge in [0.05, 0.1) is 0 Å². The lowest BCUT2D eigenvalue weighted by molar-refractivity contribution is -0.119. The third-order valence-corrected chi connectivity index (χ3v) is 3.56. The number of nitrogens with one attached hydrogen (secondary N) is 1. The first kappa shape index (κ1) is 9.29. The summed E-state index contributed by atoms with van der Waals surface area (Å²) < 4.78 is 0.644. The molecule has 1 aliphatic carbocycles. The van der Waals surface area contributed by atoms with E-state index < -0.39 is 0 Å². The Labute approximate surface area is 81.3 Å². The topological polar surface area (TPSA) is 29.1 Å². The summed E-state index contributed by atoms with van der Waals surface area (Å²) in [6, 6.07) is 0.432. The van der Waals surface area contributed by atoms with Gasteiger partial charge in [-0.05, 0) is 12.8 Å². The fourth-order valence-corrected chi connectivity index (χ4v) is 2.49. The van der Waals surface area contributed by atoms with Crippen molar-refractivity contribution in [3.05, 3.63) is 0 Å². The largest absolute Gasteiger partial charge is 0.353 e. The second kappa shape index (κ2) is 4.28. The van der Waals surface area contributed by atoms with Gasteiger partial charge in [-0.2, -0.15) is 0 Å². The Balaban J connectivity index is 2.35. The molecule has 0 heterocycles. The minimum Gasteiger partial charge on any atom is -0.353 e. The van der Waals surface area contributed by atoms with E-state index in [4.69, 9.17) is 0 Å². The molecule has 0 saturated heterocycles. The lowest BCUT2D eigenvalue weighted by Crippen LogP contribution is -2.41. The van der Waals surface area contributed by atoms with E-state index in [1.807, 2.05) is 0 Å². The molecule has 0 aromatic carbocycles. The van der Waals surface area contributed by atoms with Crippen LogP contribution in [-0.2, 0) is 4.79 Å². The number of carbonyl (C=O) groups is 1. The van der Waals surface area contributed by atoms with Crippen LogP contribution in [0.1, 0.15) is 32.6 Å². The molecule has 0 radical (unpaired) electrons. The van der Waals surface area contributed by atoms with Gasteiger partial charge in [0.1, 0.15) is 0 Å². The van der Waals surface area contributed by atoms with E-state index in [9.17, 15) is 4.79 Å². The minimum absolute atomic E-state index is 0.110. The van der Waals surface area contributed by atoms with Gasteiger partial charge >= 0.3 is 0 Å². The van der Waals surface area contributed by atoms with E-state index in [1.54, 1.807) is 6.92 Å². The number of rotatable bonds is 1. The maximum atomic E-state index is 10.7. The van der Waals surface area contributed by atoms with Crippen LogP contribution < -0.4 is 5.32 Å². The molecule has 1 fully saturated rings. The third kappa shape index (κ3) is 2.97. The molecule has 2 atom stereocenters. The van der Waals surface area contributed by atoms with Crippen LogP contribution in [0, 0.1) is 0 Å². The molecule has 3 heteroatoms. The summed E-state index contributed by atoms with van der Waals surface area (Å²) in [6.07, 6.45) is 5.01. The molecule has 1 amide bonds. The van der Waals surface area contributed by atoms with Crippen molar-refractivity contribution < 1.29 is 4.79 Å². The van der Waals surface area contributed by atoms with Gasteiger partial charge in [0.25, 0.3) is 0 Å². The second-order valence-electron chi connectivity index (χ2n) is 3.11. The predicted octanol–water partition coefficient (Wildman–Crippen LogP) is 1.87. The van der Waals surface area contributed by atoms with Gasteiger partial charge in [0, 0.05) is 16.9 Å². The zero-order chi connectivity index (χ0) is 8.27. The van der Waals surface area contributed by atoms with Gasteiger partial charge in [0.2, 0.25) is 5.91 Å². The molecule has 0 aliphatic heterocycles. The molecule has 1 saturated carbocycles. The zero-order valence-corrected chi connectivity index (χ0v) is 8.93. The Morgan fingerprint density at radius 3 is 2.64 bits per heavy atom. The number of amides is 1. The highest BCUT2D eigenvalue weighted by atomic mass is 127. The van der Waals surface area contributed by atoms with Gasteiger partial charge in [-0.25, -0.2) is 0 Å². The molecular formula is C8H14INO. The highest BCUT2D eigenvalue weighted by molar-refractivity contribution is 14.1. The predicted molar refractivity (Wildman–Crippen MR) is 53.9 cm³/mol. The van der Waals surface area contributed by atoms with Crippen molar-refractivity contribution >= 4 is 28.5 Å². The van der Waals surface area contributed by atoms with Crippen LogP contribution in [0.2, 0.25) is 0 Å². The Morgan fingerprint density at radius 1 is 1.45 bits per heavy atom. The smallest absolute Gasteiger partial charge is 0.217 e. The SMILES string of the molecule is CC(=O)N[C@H]1CCCC[C@@H]1I. The normalized spacial score (nSPS) is 31.5. The lowest BCUT2D eigenvalue weighted by Gasteiger charge is -2.27. The molecule has 0 unspecified atom stereocenters. The summed E-state index contributed by atoms with van der Waals surface area (Å²) >= 11 is 2.44. The molecule has 1 aliphatic rings. The first-order chi connectivity index (χ1) is 5.20. The van der Waals surface area contributed by atoms with Crippen LogP contribution in [0.15, 0.2) is 0 Å². The number of alkyl halides is 1. The van der Waals surface area contributed by atoms with Crippen molar-refractivity contribution in [2.45, 2.75) is 42.6 Å². The van der Waals surface area contributed by atoms with Crippen LogP contribution in [-0.4, -0.2) is 15.9 Å². The quantitative estimate of drug-likeness (QED) is 0.570. The Hall–Kier alpha value is 0.200. The summed E-state index contributed by atoms with van der Waals surface area (Å²) in [6.45, 7) is 1.60. The summed E-state index contributed by atoms with van der Waals surface area (Å²) in [5.74, 6) is 0.110. The highest BCUT2D eigenvalue weighted by Gasteiger charge is 2.22. The number of halogens is 1. The van der Waals surface area contributed by atoms with Crippen molar-refractivity contribution in [1.29, 1.82) is 0 Å². The fourth-order valence-electron chi connectivity index (χ4n) is 1.51. The molecule has 0 aromatic rings. The molecular weight excluding hydrogens is 253 g/mol. The van der Waals surface area contributed by atoms with Gasteiger partial charge in [-0.15, -0.1) is 0 Å². The molecule has 11 heavy (non-hydrogen) atoms. The summed E-state index contributed by atoms with van der Waals surface area (Å²) in [5.41, 5.74) is 0. The van der Waals surface area contributed by atoms with Crippen molar-refractivity contribution in [1.82, 2.24) is 5.32 Å². The summed E-state index contributed by atoms with van der Waals surface area (Å²) in [5, 5.41) is 2.99. The third-order valence-electron chi connectivity index (χ3n) is 2.07. The van der Waals surface area contributed by atoms with Gasteiger partial charge in [-0.1, -0.05) is 35.4 Å². The van der Waals surface area contributed by atoms with E-state index >= 15 is 0 Å². The van der Waals surface area contributed by atoms with Crippen molar-refractivity contribution in [2.24, 2.45) is 0 Å². The van der Waals surface area contributed by atoms with E-state index in [-0.39, 0.29) is 5.91 Å². The standard InChI is InChI=1S/C8H14INO/c1-6(11)10-8-5-3-2-4-7(8)9/h7-8H,2-5H2,1H3,(H,10,11)/t7-,8-/m0/s1. The van der Waals surface area contributed by atoms with Gasteiger partial charge in [-0.3, -0.25) is 4.79 Å². The maximum absolute atomic E-state index is 10.7. The highest BCUT2D eigenvalue weighted by Crippen LogP contribution is 2.24. The molecule has 64 valence electrons. The second-order valence-corrected chi connectivity index (χ2v) is 4.71. The number of hydrogen-bond donors (Lipinski definition) is 1. The van der Waals surface area contributed by atoms with E-state index in [1.165, 1.54) is 19.3 Å². The molecule has 1 rings (SSSR count). The molecule has 0 bridgehead atoms. The fraction of sp³-hybridized carbons (Fsp3) is 0.875. The molecule has 0 spiro atoms. The maximum Gasteiger partial charge on any atom is 0.217 e. The monoisotopic (exact) mass is 267 g/mol. The van der Waals surface area contributed by atoms with Crippen LogP contribution in [0.5, 0.6) is 0 Å². The van der Waals surface area contributed by atoms with E-state index in [2.05, 4.69) is 27.9 Å². The van der Waals surface area contributed by atoms with Crippen molar-refractivity contribution in [2.75, 3.05) is 0 Å². The molecule has 1 N–H and O–H groups in total. The Bertz CT molecular complexity index is 149. The van der Waals surface area contributed by atoms with Crippen molar-refractivity contribution in [3.63, 3.8) is 0 Å². The average molecular weight is 267 g/mol. The van der Waals surface area contributed by atoms with Gasteiger partial charge in [0.15, 0.2) is 0 Å². The average Bonchev–Trinajstić information content (AvgIpc) is 1.93. The molecule has 2 nitrogen and oxygen atoms in total. The minimum atomic E-state index is 0.110. The lowest BCUT2D eigenvalue weighted by atomic mass is 9.95.